The molecule has 0 saturated carbocycles. The summed E-state index contributed by atoms with van der Waals surface area (Å²) >= 11 is 0. The first kappa shape index (κ1) is 21.3. The van der Waals surface area contributed by atoms with Crippen LogP contribution in [0.4, 0.5) is 0 Å². The molecular formula is C22H23NO7. The third kappa shape index (κ3) is 4.76. The van der Waals surface area contributed by atoms with Crippen molar-refractivity contribution in [2.24, 2.45) is 5.92 Å². The van der Waals surface area contributed by atoms with Gasteiger partial charge in [0.05, 0.1) is 13.2 Å². The van der Waals surface area contributed by atoms with Crippen molar-refractivity contribution in [2.75, 3.05) is 20.0 Å². The number of Topliss-reactive ketones (excluding diaryl/α,β-unsaturated/α-hetero) is 1. The van der Waals surface area contributed by atoms with Crippen molar-refractivity contribution in [3.05, 3.63) is 53.9 Å². The fourth-order valence-corrected chi connectivity index (χ4v) is 3.29. The van der Waals surface area contributed by atoms with Gasteiger partial charge in [-0.15, -0.1) is 0 Å². The van der Waals surface area contributed by atoms with Gasteiger partial charge in [0, 0.05) is 18.5 Å². The van der Waals surface area contributed by atoms with E-state index >= 15 is 0 Å². The summed E-state index contributed by atoms with van der Waals surface area (Å²) in [5, 5.41) is 0. The zero-order valence-electron chi connectivity index (χ0n) is 16.8. The van der Waals surface area contributed by atoms with E-state index in [2.05, 4.69) is 4.98 Å². The molecule has 1 aliphatic rings. The molecule has 0 aliphatic carbocycles. The number of benzene rings is 1. The largest absolute Gasteiger partial charge is 0.465 e. The van der Waals surface area contributed by atoms with Gasteiger partial charge < -0.3 is 18.9 Å². The zero-order chi connectivity index (χ0) is 21.5. The Labute approximate surface area is 174 Å². The van der Waals surface area contributed by atoms with E-state index in [0.29, 0.717) is 17.1 Å². The van der Waals surface area contributed by atoms with Crippen molar-refractivity contribution >= 4 is 17.7 Å². The lowest BCUT2D eigenvalue weighted by Gasteiger charge is -2.24. The Balaban J connectivity index is 2.01. The van der Waals surface area contributed by atoms with Gasteiger partial charge in [0.15, 0.2) is 23.2 Å². The highest BCUT2D eigenvalue weighted by atomic mass is 16.7. The second kappa shape index (κ2) is 9.87. The fourth-order valence-electron chi connectivity index (χ4n) is 3.29. The number of carbonyl (C=O) groups excluding carboxylic acids is 3. The van der Waals surface area contributed by atoms with Gasteiger partial charge in [-0.05, 0) is 43.7 Å². The van der Waals surface area contributed by atoms with Crippen LogP contribution in [-0.4, -0.2) is 42.7 Å². The Morgan fingerprint density at radius 1 is 1.00 bits per heavy atom. The van der Waals surface area contributed by atoms with Crippen LogP contribution in [-0.2, 0) is 19.1 Å². The smallest absolute Gasteiger partial charge is 0.320 e. The Kier molecular flexibility index (Phi) is 7.00. The number of nitrogens with zero attached hydrogens (tertiary/aromatic N) is 1. The number of hydrogen-bond donors (Lipinski definition) is 0. The predicted molar refractivity (Wildman–Crippen MR) is 105 cm³/mol. The molecule has 30 heavy (non-hydrogen) atoms. The molecule has 0 amide bonds. The first-order chi connectivity index (χ1) is 14.5. The van der Waals surface area contributed by atoms with Gasteiger partial charge in [0.25, 0.3) is 0 Å². The number of carbonyl (C=O) groups is 3. The summed E-state index contributed by atoms with van der Waals surface area (Å²) < 4.78 is 21.0. The van der Waals surface area contributed by atoms with Crippen LogP contribution < -0.4 is 9.47 Å². The second-order valence-corrected chi connectivity index (χ2v) is 6.54. The number of ether oxygens (including phenoxy) is 4. The van der Waals surface area contributed by atoms with E-state index in [4.69, 9.17) is 18.9 Å². The molecule has 0 fully saturated rings. The molecule has 3 rings (SSSR count). The lowest BCUT2D eigenvalue weighted by atomic mass is 9.81. The van der Waals surface area contributed by atoms with E-state index in [1.807, 2.05) is 0 Å². The molecule has 8 heteroatoms. The molecule has 0 saturated heterocycles. The van der Waals surface area contributed by atoms with E-state index in [1.54, 1.807) is 50.2 Å². The third-order valence-corrected chi connectivity index (χ3v) is 4.66. The summed E-state index contributed by atoms with van der Waals surface area (Å²) in [6, 6.07) is 10.0. The molecule has 1 aliphatic heterocycles. The fraction of sp³-hybridized carbons (Fsp3) is 0.364. The van der Waals surface area contributed by atoms with E-state index in [9.17, 15) is 14.4 Å². The van der Waals surface area contributed by atoms with Gasteiger partial charge in [0.1, 0.15) is 5.69 Å². The highest BCUT2D eigenvalue weighted by molar-refractivity contribution is 5.99. The molecule has 0 radical (unpaired) electrons. The van der Waals surface area contributed by atoms with Crippen molar-refractivity contribution in [3.63, 3.8) is 0 Å². The summed E-state index contributed by atoms with van der Waals surface area (Å²) in [4.78, 5) is 42.4. The van der Waals surface area contributed by atoms with Crippen LogP contribution in [0.3, 0.4) is 0 Å². The van der Waals surface area contributed by atoms with Crippen molar-refractivity contribution in [3.8, 4) is 11.5 Å². The molecule has 8 nitrogen and oxygen atoms in total. The maximum absolute atomic E-state index is 12.9. The lowest BCUT2D eigenvalue weighted by Crippen LogP contribution is -2.34. The van der Waals surface area contributed by atoms with Crippen molar-refractivity contribution in [2.45, 2.75) is 26.2 Å². The van der Waals surface area contributed by atoms with Gasteiger partial charge in [-0.3, -0.25) is 19.4 Å². The normalized spacial score (nSPS) is 13.0. The quantitative estimate of drug-likeness (QED) is 0.351. The Morgan fingerprint density at radius 2 is 1.70 bits per heavy atom. The Bertz CT molecular complexity index is 895. The minimum absolute atomic E-state index is 0.0789. The molecule has 1 aromatic heterocycles. The van der Waals surface area contributed by atoms with Gasteiger partial charge >= 0.3 is 11.9 Å². The van der Waals surface area contributed by atoms with Crippen LogP contribution in [0, 0.1) is 5.92 Å². The predicted octanol–water partition coefficient (Wildman–Crippen LogP) is 2.91. The Hall–Kier alpha value is -3.42. The minimum atomic E-state index is -1.31. The molecule has 1 atom stereocenters. The molecule has 0 spiro atoms. The van der Waals surface area contributed by atoms with Crippen LogP contribution in [0.2, 0.25) is 0 Å². The number of hydrogen-bond acceptors (Lipinski definition) is 8. The number of rotatable bonds is 9. The van der Waals surface area contributed by atoms with Gasteiger partial charge in [-0.25, -0.2) is 0 Å². The summed E-state index contributed by atoms with van der Waals surface area (Å²) in [6.45, 7) is 3.56. The number of pyridine rings is 1. The van der Waals surface area contributed by atoms with Crippen LogP contribution in [0.1, 0.15) is 42.2 Å². The van der Waals surface area contributed by atoms with Crippen molar-refractivity contribution in [1.82, 2.24) is 4.98 Å². The molecule has 1 unspecified atom stereocenters. The molecular weight excluding hydrogens is 390 g/mol. The molecule has 158 valence electrons. The highest BCUT2D eigenvalue weighted by Gasteiger charge is 2.40. The summed E-state index contributed by atoms with van der Waals surface area (Å²) in [7, 11) is 0. The summed E-state index contributed by atoms with van der Waals surface area (Å²) in [6.07, 6.45) is 1.37. The van der Waals surface area contributed by atoms with Gasteiger partial charge in [-0.1, -0.05) is 12.1 Å². The first-order valence-corrected chi connectivity index (χ1v) is 9.72. The Morgan fingerprint density at radius 3 is 2.33 bits per heavy atom. The van der Waals surface area contributed by atoms with Crippen LogP contribution in [0.25, 0.3) is 0 Å². The maximum atomic E-state index is 12.9. The average molecular weight is 413 g/mol. The van der Waals surface area contributed by atoms with E-state index in [0.717, 1.165) is 0 Å². The standard InChI is InChI=1S/C22H23NO7/c1-3-27-21(25)20(22(26)28-4-2)15(12-17(24)16-7-5-6-10-23-16)14-8-9-18-19(11-14)30-13-29-18/h5-11,15,20H,3-4,12-13H2,1-2H3. The number of fused-ring (bicyclic) bond motifs is 1. The molecule has 0 bridgehead atoms. The second-order valence-electron chi connectivity index (χ2n) is 6.54. The number of ketones is 1. The average Bonchev–Trinajstić information content (AvgIpc) is 3.22. The van der Waals surface area contributed by atoms with Crippen LogP contribution >= 0.6 is 0 Å². The van der Waals surface area contributed by atoms with Gasteiger partial charge in [-0.2, -0.15) is 0 Å². The molecule has 2 aromatic rings. The summed E-state index contributed by atoms with van der Waals surface area (Å²) in [5.41, 5.74) is 0.810. The maximum Gasteiger partial charge on any atom is 0.320 e. The molecule has 2 heterocycles. The topological polar surface area (TPSA) is 101 Å². The van der Waals surface area contributed by atoms with E-state index < -0.39 is 23.8 Å². The first-order valence-electron chi connectivity index (χ1n) is 9.72. The molecule has 1 aromatic carbocycles. The van der Waals surface area contributed by atoms with Crippen LogP contribution in [0.15, 0.2) is 42.6 Å². The van der Waals surface area contributed by atoms with Crippen molar-refractivity contribution < 1.29 is 33.3 Å². The highest BCUT2D eigenvalue weighted by Crippen LogP contribution is 2.39. The van der Waals surface area contributed by atoms with Crippen LogP contribution in [0.5, 0.6) is 11.5 Å². The SMILES string of the molecule is CCOC(=O)C(C(=O)OCC)C(CC(=O)c1ccccn1)c1ccc2c(c1)OCO2. The van der Waals surface area contributed by atoms with E-state index in [1.165, 1.54) is 6.20 Å². The third-order valence-electron chi connectivity index (χ3n) is 4.66. The summed E-state index contributed by atoms with van der Waals surface area (Å²) in [5.74, 6) is -2.89. The van der Waals surface area contributed by atoms with Crippen molar-refractivity contribution in [1.29, 1.82) is 0 Å². The minimum Gasteiger partial charge on any atom is -0.465 e. The molecule has 0 N–H and O–H groups in total. The lowest BCUT2D eigenvalue weighted by molar-refractivity contribution is -0.162. The van der Waals surface area contributed by atoms with Gasteiger partial charge in [0.2, 0.25) is 6.79 Å². The monoisotopic (exact) mass is 413 g/mol. The number of esters is 2. The van der Waals surface area contributed by atoms with E-state index in [-0.39, 0.29) is 37.9 Å². The number of aromatic nitrogens is 1. The zero-order valence-corrected chi connectivity index (χ0v) is 16.8.